The van der Waals surface area contributed by atoms with Gasteiger partial charge >= 0.3 is 0 Å². The van der Waals surface area contributed by atoms with Crippen molar-refractivity contribution in [2.24, 2.45) is 0 Å². The monoisotopic (exact) mass is 369 g/mol. The third-order valence-corrected chi connectivity index (χ3v) is 4.81. The first kappa shape index (κ1) is 17.4. The number of furan rings is 1. The molecule has 0 bridgehead atoms. The average molecular weight is 369 g/mol. The average Bonchev–Trinajstić information content (AvgIpc) is 3.22. The summed E-state index contributed by atoms with van der Waals surface area (Å²) >= 11 is 0. The molecule has 1 fully saturated rings. The van der Waals surface area contributed by atoms with Crippen LogP contribution >= 0.6 is 0 Å². The number of likely N-dealkylation sites (N-methyl/N-ethyl adjacent to an activating group) is 1. The molecule has 3 aromatic rings. The highest BCUT2D eigenvalue weighted by Crippen LogP contribution is 2.31. The zero-order valence-corrected chi connectivity index (χ0v) is 15.1. The lowest BCUT2D eigenvalue weighted by Gasteiger charge is -2.29. The molecule has 1 aromatic carbocycles. The lowest BCUT2D eigenvalue weighted by molar-refractivity contribution is -0.883. The molecule has 7 heteroatoms. The van der Waals surface area contributed by atoms with E-state index in [1.54, 1.807) is 41.3 Å². The van der Waals surface area contributed by atoms with E-state index in [0.29, 0.717) is 29.8 Å². The van der Waals surface area contributed by atoms with E-state index in [1.807, 2.05) is 0 Å². The summed E-state index contributed by atoms with van der Waals surface area (Å²) in [5.41, 5.74) is 0.119. The molecule has 140 valence electrons. The van der Waals surface area contributed by atoms with Crippen molar-refractivity contribution >= 4 is 16.9 Å². The Morgan fingerprint density at radius 2 is 1.96 bits per heavy atom. The molecule has 0 spiro atoms. The van der Waals surface area contributed by atoms with Crippen molar-refractivity contribution in [2.75, 3.05) is 39.8 Å². The van der Waals surface area contributed by atoms with Crippen molar-refractivity contribution in [3.05, 3.63) is 52.9 Å². The molecule has 0 radical (unpaired) electrons. The standard InChI is InChI=1S/C20H20N2O5/c1-21-8-10-22(11-9-21)17(23)13-26-20-18(24)14-5-2-3-6-15(14)27-19(20)16-7-4-12-25-16/h2-7,12H,8-11,13H2,1H3/p+1. The van der Waals surface area contributed by atoms with Crippen LogP contribution in [0.15, 0.2) is 56.3 Å². The Hall–Kier alpha value is -3.06. The van der Waals surface area contributed by atoms with Gasteiger partial charge in [0.15, 0.2) is 12.4 Å². The number of rotatable bonds is 4. The zero-order valence-electron chi connectivity index (χ0n) is 15.1. The molecule has 1 aliphatic heterocycles. The first-order valence-electron chi connectivity index (χ1n) is 8.95. The van der Waals surface area contributed by atoms with Gasteiger partial charge in [-0.25, -0.2) is 0 Å². The van der Waals surface area contributed by atoms with Gasteiger partial charge in [-0.1, -0.05) is 12.1 Å². The molecule has 1 amide bonds. The number of carbonyl (C=O) groups is 1. The molecule has 0 unspecified atom stereocenters. The predicted molar refractivity (Wildman–Crippen MR) is 98.9 cm³/mol. The zero-order chi connectivity index (χ0) is 18.8. The SMILES string of the molecule is C[NH+]1CCN(C(=O)COc2c(-c3ccco3)oc3ccccc3c2=O)CC1. The Morgan fingerprint density at radius 3 is 2.70 bits per heavy atom. The molecular weight excluding hydrogens is 348 g/mol. The van der Waals surface area contributed by atoms with Crippen LogP contribution < -0.4 is 15.1 Å². The smallest absolute Gasteiger partial charge is 0.260 e. The van der Waals surface area contributed by atoms with Gasteiger partial charge in [-0.15, -0.1) is 0 Å². The number of piperazine rings is 1. The number of hydrogen-bond acceptors (Lipinski definition) is 5. The number of para-hydroxylation sites is 1. The van der Waals surface area contributed by atoms with E-state index in [1.165, 1.54) is 11.2 Å². The minimum absolute atomic E-state index is 0.00301. The molecule has 27 heavy (non-hydrogen) atoms. The topological polar surface area (TPSA) is 77.3 Å². The van der Waals surface area contributed by atoms with Crippen molar-refractivity contribution in [3.8, 4) is 17.3 Å². The number of nitrogens with zero attached hydrogens (tertiary/aromatic N) is 1. The predicted octanol–water partition coefficient (Wildman–Crippen LogP) is 0.789. The third kappa shape index (κ3) is 3.46. The maximum Gasteiger partial charge on any atom is 0.260 e. The second kappa shape index (κ2) is 7.28. The summed E-state index contributed by atoms with van der Waals surface area (Å²) in [6.07, 6.45) is 1.49. The summed E-state index contributed by atoms with van der Waals surface area (Å²) in [5.74, 6) is 0.431. The number of carbonyl (C=O) groups excluding carboxylic acids is 1. The van der Waals surface area contributed by atoms with Crippen molar-refractivity contribution in [1.82, 2.24) is 4.90 Å². The summed E-state index contributed by atoms with van der Waals surface area (Å²) in [6, 6.07) is 10.3. The van der Waals surface area contributed by atoms with Crippen LogP contribution in [0.4, 0.5) is 0 Å². The lowest BCUT2D eigenvalue weighted by Crippen LogP contribution is -3.12. The highest BCUT2D eigenvalue weighted by Gasteiger charge is 2.24. The Labute approximate surface area is 155 Å². The second-order valence-electron chi connectivity index (χ2n) is 6.69. The molecule has 1 saturated heterocycles. The van der Waals surface area contributed by atoms with Gasteiger partial charge in [-0.2, -0.15) is 0 Å². The number of fused-ring (bicyclic) bond motifs is 1. The van der Waals surface area contributed by atoms with Gasteiger partial charge in [-0.3, -0.25) is 9.59 Å². The van der Waals surface area contributed by atoms with Crippen LogP contribution in [0.2, 0.25) is 0 Å². The van der Waals surface area contributed by atoms with Gasteiger partial charge in [0, 0.05) is 0 Å². The van der Waals surface area contributed by atoms with E-state index in [9.17, 15) is 9.59 Å². The lowest BCUT2D eigenvalue weighted by atomic mass is 10.2. The highest BCUT2D eigenvalue weighted by atomic mass is 16.5. The van der Waals surface area contributed by atoms with E-state index < -0.39 is 0 Å². The molecule has 1 aliphatic rings. The third-order valence-electron chi connectivity index (χ3n) is 4.81. The number of nitrogens with one attached hydrogen (secondary N) is 1. The van der Waals surface area contributed by atoms with Crippen LogP contribution in [0.5, 0.6) is 5.75 Å². The first-order valence-corrected chi connectivity index (χ1v) is 8.95. The number of amides is 1. The van der Waals surface area contributed by atoms with Crippen molar-refractivity contribution in [3.63, 3.8) is 0 Å². The van der Waals surface area contributed by atoms with Crippen LogP contribution in [0.1, 0.15) is 0 Å². The Bertz CT molecular complexity index is 1000. The molecule has 2 aromatic heterocycles. The van der Waals surface area contributed by atoms with E-state index in [-0.39, 0.29) is 29.5 Å². The molecule has 7 nitrogen and oxygen atoms in total. The van der Waals surface area contributed by atoms with Crippen molar-refractivity contribution in [2.45, 2.75) is 0 Å². The van der Waals surface area contributed by atoms with Crippen LogP contribution in [-0.2, 0) is 4.79 Å². The normalized spacial score (nSPS) is 15.2. The van der Waals surface area contributed by atoms with E-state index in [4.69, 9.17) is 13.6 Å². The fourth-order valence-corrected chi connectivity index (χ4v) is 3.19. The fraction of sp³-hybridized carbons (Fsp3) is 0.300. The van der Waals surface area contributed by atoms with Gasteiger partial charge in [0.1, 0.15) is 5.58 Å². The van der Waals surface area contributed by atoms with E-state index in [0.717, 1.165) is 13.1 Å². The molecular formula is C20H21N2O5+. The summed E-state index contributed by atoms with van der Waals surface area (Å²) in [7, 11) is 2.11. The maximum atomic E-state index is 12.9. The largest absolute Gasteiger partial charge is 0.476 e. The van der Waals surface area contributed by atoms with Crippen LogP contribution in [-0.4, -0.2) is 50.6 Å². The van der Waals surface area contributed by atoms with Crippen molar-refractivity contribution < 1.29 is 23.3 Å². The second-order valence-corrected chi connectivity index (χ2v) is 6.69. The van der Waals surface area contributed by atoms with Crippen molar-refractivity contribution in [1.29, 1.82) is 0 Å². The van der Waals surface area contributed by atoms with E-state index >= 15 is 0 Å². The van der Waals surface area contributed by atoms with Crippen LogP contribution in [0, 0.1) is 0 Å². The highest BCUT2D eigenvalue weighted by molar-refractivity contribution is 5.82. The Balaban J connectivity index is 1.64. The number of ether oxygens (including phenoxy) is 1. The Kier molecular flexibility index (Phi) is 4.68. The molecule has 3 heterocycles. The Morgan fingerprint density at radius 1 is 1.19 bits per heavy atom. The van der Waals surface area contributed by atoms with Crippen LogP contribution in [0.25, 0.3) is 22.5 Å². The van der Waals surface area contributed by atoms with Crippen LogP contribution in [0.3, 0.4) is 0 Å². The minimum Gasteiger partial charge on any atom is -0.476 e. The number of hydrogen-bond donors (Lipinski definition) is 1. The number of benzene rings is 1. The van der Waals surface area contributed by atoms with E-state index in [2.05, 4.69) is 7.05 Å². The summed E-state index contributed by atoms with van der Waals surface area (Å²) in [5, 5.41) is 0.401. The summed E-state index contributed by atoms with van der Waals surface area (Å²) in [4.78, 5) is 28.6. The molecule has 4 rings (SSSR count). The van der Waals surface area contributed by atoms with Gasteiger partial charge in [0.05, 0.1) is 44.9 Å². The van der Waals surface area contributed by atoms with Gasteiger partial charge in [0.25, 0.3) is 5.91 Å². The maximum absolute atomic E-state index is 12.9. The fourth-order valence-electron chi connectivity index (χ4n) is 3.19. The summed E-state index contributed by atoms with van der Waals surface area (Å²) in [6.45, 7) is 2.97. The quantitative estimate of drug-likeness (QED) is 0.736. The molecule has 0 atom stereocenters. The molecule has 0 saturated carbocycles. The first-order chi connectivity index (χ1) is 13.1. The summed E-state index contributed by atoms with van der Waals surface area (Å²) < 4.78 is 16.9. The van der Waals surface area contributed by atoms with Gasteiger partial charge in [-0.05, 0) is 24.3 Å². The van der Waals surface area contributed by atoms with Gasteiger partial charge < -0.3 is 23.4 Å². The number of quaternary nitrogens is 1. The molecule has 1 N–H and O–H groups in total. The molecule has 0 aliphatic carbocycles. The van der Waals surface area contributed by atoms with Gasteiger partial charge in [0.2, 0.25) is 16.9 Å². The minimum atomic E-state index is -0.320.